The maximum absolute atomic E-state index is 11.9. The summed E-state index contributed by atoms with van der Waals surface area (Å²) in [6.07, 6.45) is 4.60. The van der Waals surface area contributed by atoms with Crippen molar-refractivity contribution in [2.45, 2.75) is 45.2 Å². The first-order valence-electron chi connectivity index (χ1n) is 6.57. The molecule has 0 atom stereocenters. The molecule has 0 aliphatic heterocycles. The lowest BCUT2D eigenvalue weighted by Crippen LogP contribution is -2.36. The van der Waals surface area contributed by atoms with Crippen molar-refractivity contribution in [1.82, 2.24) is 5.32 Å². The summed E-state index contributed by atoms with van der Waals surface area (Å²) < 4.78 is 0. The van der Waals surface area contributed by atoms with Gasteiger partial charge in [-0.1, -0.05) is 25.0 Å². The van der Waals surface area contributed by atoms with Crippen LogP contribution in [0.15, 0.2) is 18.2 Å². The third-order valence-corrected chi connectivity index (χ3v) is 3.55. The molecule has 1 aromatic rings. The van der Waals surface area contributed by atoms with E-state index in [1.807, 2.05) is 25.1 Å². The van der Waals surface area contributed by atoms with Gasteiger partial charge in [-0.05, 0) is 37.0 Å². The Morgan fingerprint density at radius 1 is 1.39 bits per heavy atom. The lowest BCUT2D eigenvalue weighted by molar-refractivity contribution is 0.248. The first-order valence-corrected chi connectivity index (χ1v) is 6.57. The second kappa shape index (κ2) is 5.87. The molecule has 0 spiro atoms. The lowest BCUT2D eigenvalue weighted by atomic mass is 10.1. The molecule has 2 rings (SSSR count). The van der Waals surface area contributed by atoms with Crippen LogP contribution in [0.1, 0.15) is 36.8 Å². The number of carbonyl (C=O) groups is 1. The molecule has 18 heavy (non-hydrogen) atoms. The third-order valence-electron chi connectivity index (χ3n) is 3.55. The van der Waals surface area contributed by atoms with Crippen molar-refractivity contribution in [2.24, 2.45) is 5.73 Å². The minimum atomic E-state index is -0.123. The minimum Gasteiger partial charge on any atom is -0.335 e. The molecule has 0 saturated heterocycles. The van der Waals surface area contributed by atoms with E-state index in [2.05, 4.69) is 10.6 Å². The number of aryl methyl sites for hydroxylation is 1. The highest BCUT2D eigenvalue weighted by Gasteiger charge is 2.17. The van der Waals surface area contributed by atoms with Gasteiger partial charge in [-0.2, -0.15) is 0 Å². The molecule has 0 radical (unpaired) electrons. The molecule has 1 fully saturated rings. The topological polar surface area (TPSA) is 67.2 Å². The fourth-order valence-electron chi connectivity index (χ4n) is 2.50. The number of nitrogens with one attached hydrogen (secondary N) is 2. The van der Waals surface area contributed by atoms with Gasteiger partial charge in [-0.3, -0.25) is 0 Å². The van der Waals surface area contributed by atoms with Crippen LogP contribution in [0.3, 0.4) is 0 Å². The van der Waals surface area contributed by atoms with E-state index in [9.17, 15) is 4.79 Å². The molecule has 4 nitrogen and oxygen atoms in total. The molecule has 1 saturated carbocycles. The zero-order chi connectivity index (χ0) is 13.0. The Kier molecular flexibility index (Phi) is 4.20. The van der Waals surface area contributed by atoms with Crippen LogP contribution in [-0.4, -0.2) is 12.1 Å². The normalized spacial score (nSPS) is 15.7. The van der Waals surface area contributed by atoms with Crippen molar-refractivity contribution in [3.8, 4) is 0 Å². The molecule has 98 valence electrons. The molecule has 0 heterocycles. The van der Waals surface area contributed by atoms with E-state index in [-0.39, 0.29) is 6.03 Å². The highest BCUT2D eigenvalue weighted by atomic mass is 16.2. The molecule has 1 aliphatic carbocycles. The fraction of sp³-hybridized carbons (Fsp3) is 0.500. The summed E-state index contributed by atoms with van der Waals surface area (Å²) >= 11 is 0. The van der Waals surface area contributed by atoms with Crippen LogP contribution in [0.4, 0.5) is 10.5 Å². The maximum atomic E-state index is 11.9. The smallest absolute Gasteiger partial charge is 0.319 e. The summed E-state index contributed by atoms with van der Waals surface area (Å²) in [5.41, 5.74) is 8.64. The molecule has 4 N–H and O–H groups in total. The van der Waals surface area contributed by atoms with Gasteiger partial charge in [-0.25, -0.2) is 4.79 Å². The first kappa shape index (κ1) is 12.9. The number of urea groups is 1. The molecular formula is C14H21N3O. The van der Waals surface area contributed by atoms with Gasteiger partial charge < -0.3 is 16.4 Å². The number of rotatable bonds is 3. The molecule has 0 unspecified atom stereocenters. The second-order valence-electron chi connectivity index (χ2n) is 4.88. The average molecular weight is 247 g/mol. The zero-order valence-corrected chi connectivity index (χ0v) is 10.8. The Morgan fingerprint density at radius 2 is 2.11 bits per heavy atom. The number of hydrogen-bond acceptors (Lipinski definition) is 2. The number of hydrogen-bond donors (Lipinski definition) is 3. The Balaban J connectivity index is 2.00. The van der Waals surface area contributed by atoms with E-state index in [0.29, 0.717) is 12.6 Å². The number of anilines is 1. The number of amides is 2. The van der Waals surface area contributed by atoms with E-state index < -0.39 is 0 Å². The monoisotopic (exact) mass is 247 g/mol. The van der Waals surface area contributed by atoms with Crippen LogP contribution in [0.5, 0.6) is 0 Å². The predicted molar refractivity (Wildman–Crippen MR) is 73.5 cm³/mol. The van der Waals surface area contributed by atoms with Crippen LogP contribution in [-0.2, 0) is 6.54 Å². The maximum Gasteiger partial charge on any atom is 0.319 e. The van der Waals surface area contributed by atoms with Crippen molar-refractivity contribution >= 4 is 11.7 Å². The van der Waals surface area contributed by atoms with Crippen LogP contribution in [0.25, 0.3) is 0 Å². The summed E-state index contributed by atoms with van der Waals surface area (Å²) in [5.74, 6) is 0. The van der Waals surface area contributed by atoms with Gasteiger partial charge in [0, 0.05) is 18.3 Å². The second-order valence-corrected chi connectivity index (χ2v) is 4.88. The van der Waals surface area contributed by atoms with Crippen LogP contribution in [0.2, 0.25) is 0 Å². The van der Waals surface area contributed by atoms with Crippen molar-refractivity contribution in [3.05, 3.63) is 29.3 Å². The fourth-order valence-corrected chi connectivity index (χ4v) is 2.50. The average Bonchev–Trinajstić information content (AvgIpc) is 2.82. The van der Waals surface area contributed by atoms with Crippen molar-refractivity contribution in [3.63, 3.8) is 0 Å². The number of carbonyl (C=O) groups excluding carboxylic acids is 1. The molecule has 1 aliphatic rings. The summed E-state index contributed by atoms with van der Waals surface area (Å²) in [4.78, 5) is 11.9. The van der Waals surface area contributed by atoms with Crippen molar-refractivity contribution < 1.29 is 4.79 Å². The van der Waals surface area contributed by atoms with E-state index in [1.165, 1.54) is 12.8 Å². The summed E-state index contributed by atoms with van der Waals surface area (Å²) in [5, 5.41) is 5.91. The highest BCUT2D eigenvalue weighted by Crippen LogP contribution is 2.20. The number of nitrogens with two attached hydrogens (primary N) is 1. The quantitative estimate of drug-likeness (QED) is 0.768. The minimum absolute atomic E-state index is 0.123. The van der Waals surface area contributed by atoms with E-state index in [0.717, 1.165) is 29.7 Å². The number of benzene rings is 1. The van der Waals surface area contributed by atoms with Gasteiger partial charge in [0.1, 0.15) is 0 Å². The summed E-state index contributed by atoms with van der Waals surface area (Å²) in [6, 6.07) is 6.03. The van der Waals surface area contributed by atoms with Crippen LogP contribution in [0, 0.1) is 6.92 Å². The lowest BCUT2D eigenvalue weighted by Gasteiger charge is -2.15. The largest absolute Gasteiger partial charge is 0.335 e. The Bertz CT molecular complexity index is 425. The SMILES string of the molecule is Cc1cccc(NC(=O)NC2CCCC2)c1CN. The summed E-state index contributed by atoms with van der Waals surface area (Å²) in [7, 11) is 0. The van der Waals surface area contributed by atoms with E-state index in [4.69, 9.17) is 5.73 Å². The van der Waals surface area contributed by atoms with Gasteiger partial charge in [-0.15, -0.1) is 0 Å². The summed E-state index contributed by atoms with van der Waals surface area (Å²) in [6.45, 7) is 2.44. The van der Waals surface area contributed by atoms with Gasteiger partial charge in [0.05, 0.1) is 0 Å². The van der Waals surface area contributed by atoms with Crippen LogP contribution >= 0.6 is 0 Å². The molecule has 0 aromatic heterocycles. The molecule has 1 aromatic carbocycles. The van der Waals surface area contributed by atoms with Gasteiger partial charge in [0.2, 0.25) is 0 Å². The van der Waals surface area contributed by atoms with Crippen molar-refractivity contribution in [2.75, 3.05) is 5.32 Å². The molecule has 4 heteroatoms. The Hall–Kier alpha value is -1.55. The molecule has 0 bridgehead atoms. The van der Waals surface area contributed by atoms with Crippen LogP contribution < -0.4 is 16.4 Å². The van der Waals surface area contributed by atoms with Crippen molar-refractivity contribution in [1.29, 1.82) is 0 Å². The molecule has 2 amide bonds. The Morgan fingerprint density at radius 3 is 2.78 bits per heavy atom. The standard InChI is InChI=1S/C14H21N3O/c1-10-5-4-8-13(12(10)9-15)17-14(18)16-11-6-2-3-7-11/h4-5,8,11H,2-3,6-7,9,15H2,1H3,(H2,16,17,18). The van der Waals surface area contributed by atoms with Gasteiger partial charge >= 0.3 is 6.03 Å². The van der Waals surface area contributed by atoms with E-state index in [1.54, 1.807) is 0 Å². The van der Waals surface area contributed by atoms with Gasteiger partial charge in [0.15, 0.2) is 0 Å². The third kappa shape index (κ3) is 3.01. The zero-order valence-electron chi connectivity index (χ0n) is 10.8. The predicted octanol–water partition coefficient (Wildman–Crippen LogP) is 2.52. The first-order chi connectivity index (χ1) is 8.70. The Labute approximate surface area is 108 Å². The van der Waals surface area contributed by atoms with E-state index >= 15 is 0 Å². The highest BCUT2D eigenvalue weighted by molar-refractivity contribution is 5.90. The van der Waals surface area contributed by atoms with Gasteiger partial charge in [0.25, 0.3) is 0 Å². The molecular weight excluding hydrogens is 226 g/mol.